The van der Waals surface area contributed by atoms with E-state index in [0.29, 0.717) is 6.42 Å². The summed E-state index contributed by atoms with van der Waals surface area (Å²) in [5.41, 5.74) is 2.33. The molecule has 0 aromatic heterocycles. The monoisotopic (exact) mass is 350 g/mol. The number of rotatable bonds is 5. The van der Waals surface area contributed by atoms with Crippen LogP contribution in [0.15, 0.2) is 60.2 Å². The van der Waals surface area contributed by atoms with Gasteiger partial charge in [-0.2, -0.15) is 0 Å². The number of carbonyl (C=O) groups is 1. The van der Waals surface area contributed by atoms with Gasteiger partial charge in [0.05, 0.1) is 0 Å². The van der Waals surface area contributed by atoms with Crippen molar-refractivity contribution < 1.29 is 35.8 Å². The van der Waals surface area contributed by atoms with Crippen LogP contribution in [0, 0.1) is 20.0 Å². The SMILES string of the molecule is O=C(/C=C/c1ccccc1)CCC1=CC=C1.[C-]#[O+].[C-]#[O+].[C-]#[O+].[Fe]. The zero-order chi connectivity index (χ0) is 17.2. The molecule has 23 heavy (non-hydrogen) atoms. The van der Waals surface area contributed by atoms with Crippen LogP contribution in [0.2, 0.25) is 0 Å². The number of hydrogen-bond donors (Lipinski definition) is 0. The van der Waals surface area contributed by atoms with E-state index in [0.717, 1.165) is 12.0 Å². The van der Waals surface area contributed by atoms with E-state index in [1.807, 2.05) is 54.6 Å². The Bertz CT molecular complexity index is 564. The van der Waals surface area contributed by atoms with Crippen LogP contribution >= 0.6 is 0 Å². The van der Waals surface area contributed by atoms with Crippen LogP contribution in [0.5, 0.6) is 0 Å². The van der Waals surface area contributed by atoms with Crippen LogP contribution in [-0.4, -0.2) is 5.78 Å². The van der Waals surface area contributed by atoms with Gasteiger partial charge in [0.15, 0.2) is 5.78 Å². The number of allylic oxidation sites excluding steroid dienone is 5. The molecule has 118 valence electrons. The van der Waals surface area contributed by atoms with Crippen LogP contribution < -0.4 is 0 Å². The Hall–Kier alpha value is -2.15. The van der Waals surface area contributed by atoms with Crippen LogP contribution in [0.3, 0.4) is 0 Å². The summed E-state index contributed by atoms with van der Waals surface area (Å²) in [6, 6.07) is 9.87. The molecule has 1 aromatic rings. The van der Waals surface area contributed by atoms with E-state index in [4.69, 9.17) is 14.0 Å². The molecular weight excluding hydrogens is 336 g/mol. The van der Waals surface area contributed by atoms with Gasteiger partial charge in [-0.05, 0) is 23.6 Å². The molecule has 0 spiro atoms. The predicted molar refractivity (Wildman–Crippen MR) is 78.7 cm³/mol. The average molecular weight is 350 g/mol. The fourth-order valence-electron chi connectivity index (χ4n) is 1.50. The Kier molecular flexibility index (Phi) is 22.3. The molecule has 0 fully saturated rings. The van der Waals surface area contributed by atoms with Crippen molar-refractivity contribution in [3.63, 3.8) is 0 Å². The zero-order valence-corrected chi connectivity index (χ0v) is 13.3. The van der Waals surface area contributed by atoms with Gasteiger partial charge in [-0.1, -0.05) is 54.6 Å². The molecule has 0 heterocycles. The average Bonchev–Trinajstić information content (AvgIpc) is 2.58. The molecule has 0 N–H and O–H groups in total. The Morgan fingerprint density at radius 1 is 1.00 bits per heavy atom. The van der Waals surface area contributed by atoms with Crippen molar-refractivity contribution in [2.75, 3.05) is 0 Å². The van der Waals surface area contributed by atoms with E-state index in [1.165, 1.54) is 5.57 Å². The van der Waals surface area contributed by atoms with Gasteiger partial charge < -0.3 is 0 Å². The largest absolute Gasteiger partial charge is 0 e. The molecule has 0 aliphatic heterocycles. The molecule has 0 radical (unpaired) electrons. The minimum Gasteiger partial charge on any atom is 0 e. The third kappa shape index (κ3) is 13.2. The van der Waals surface area contributed by atoms with Gasteiger partial charge in [-0.15, -0.1) is 0 Å². The minimum atomic E-state index is 0. The quantitative estimate of drug-likeness (QED) is 0.347. The second kappa shape index (κ2) is 19.8. The normalized spacial score (nSPS) is 9.74. The molecule has 0 saturated heterocycles. The summed E-state index contributed by atoms with van der Waals surface area (Å²) >= 11 is 0. The molecule has 2 rings (SSSR count). The summed E-state index contributed by atoms with van der Waals surface area (Å²) in [7, 11) is 0. The Morgan fingerprint density at radius 3 is 1.96 bits per heavy atom. The van der Waals surface area contributed by atoms with E-state index < -0.39 is 0 Å². The van der Waals surface area contributed by atoms with E-state index in [1.54, 1.807) is 6.08 Å². The van der Waals surface area contributed by atoms with Crippen molar-refractivity contribution in [2.45, 2.75) is 12.8 Å². The third-order valence-corrected chi connectivity index (χ3v) is 2.54. The summed E-state index contributed by atoms with van der Waals surface area (Å²) in [6.07, 6.45) is 11.1. The van der Waals surface area contributed by atoms with E-state index >= 15 is 0 Å². The first-order valence-corrected chi connectivity index (χ1v) is 6.09. The number of ketones is 1. The van der Waals surface area contributed by atoms with E-state index in [-0.39, 0.29) is 22.9 Å². The number of benzene rings is 1. The molecule has 1 aromatic carbocycles. The van der Waals surface area contributed by atoms with Crippen molar-refractivity contribution in [1.29, 1.82) is 0 Å². The van der Waals surface area contributed by atoms with Crippen LogP contribution in [0.25, 0.3) is 6.08 Å². The fourth-order valence-corrected chi connectivity index (χ4v) is 1.50. The zero-order valence-electron chi connectivity index (χ0n) is 12.2. The molecular formula is C18H14FeO4. The van der Waals surface area contributed by atoms with Gasteiger partial charge in [0.1, 0.15) is 0 Å². The topological polar surface area (TPSA) is 76.8 Å². The summed E-state index contributed by atoms with van der Waals surface area (Å²) in [4.78, 5) is 11.5. The number of carbonyl (C=O) groups excluding carboxylic acids is 1. The maximum Gasteiger partial charge on any atom is 0 e. The Morgan fingerprint density at radius 2 is 1.52 bits per heavy atom. The van der Waals surface area contributed by atoms with Crippen molar-refractivity contribution >= 4 is 11.9 Å². The molecule has 0 unspecified atom stereocenters. The molecule has 0 saturated carbocycles. The van der Waals surface area contributed by atoms with Gasteiger partial charge in [0, 0.05) is 23.5 Å². The van der Waals surface area contributed by atoms with Crippen molar-refractivity contribution in [1.82, 2.24) is 0 Å². The second-order valence-electron chi connectivity index (χ2n) is 3.81. The molecule has 5 heteroatoms. The third-order valence-electron chi connectivity index (χ3n) is 2.54. The first-order valence-electron chi connectivity index (χ1n) is 6.09. The van der Waals surface area contributed by atoms with Crippen molar-refractivity contribution in [3.05, 3.63) is 85.7 Å². The number of hydrogen-bond acceptors (Lipinski definition) is 1. The van der Waals surface area contributed by atoms with Crippen molar-refractivity contribution in [3.8, 4) is 0 Å². The molecule has 1 aliphatic carbocycles. The smallest absolute Gasteiger partial charge is 0 e. The molecule has 4 nitrogen and oxygen atoms in total. The Labute approximate surface area is 146 Å². The summed E-state index contributed by atoms with van der Waals surface area (Å²) in [6.45, 7) is 13.5. The Balaban J connectivity index is -0.000000514. The molecule has 1 aliphatic rings. The van der Waals surface area contributed by atoms with Crippen LogP contribution in [0.1, 0.15) is 18.4 Å². The van der Waals surface area contributed by atoms with Crippen LogP contribution in [0.4, 0.5) is 0 Å². The molecule has 0 atom stereocenters. The molecule has 0 bridgehead atoms. The first-order chi connectivity index (χ1) is 10.8. The first kappa shape index (κ1) is 25.8. The van der Waals surface area contributed by atoms with Crippen molar-refractivity contribution in [2.24, 2.45) is 0 Å². The summed E-state index contributed by atoms with van der Waals surface area (Å²) in [5.74, 6) is 0.185. The van der Waals surface area contributed by atoms with Crippen LogP contribution in [-0.2, 0) is 35.8 Å². The minimum absolute atomic E-state index is 0. The second-order valence-corrected chi connectivity index (χ2v) is 3.81. The maximum absolute atomic E-state index is 11.5. The van der Waals surface area contributed by atoms with Gasteiger partial charge in [-0.25, -0.2) is 0 Å². The van der Waals surface area contributed by atoms with Gasteiger partial charge in [0.2, 0.25) is 0 Å². The van der Waals surface area contributed by atoms with E-state index in [9.17, 15) is 4.79 Å². The molecule has 0 amide bonds. The van der Waals surface area contributed by atoms with Gasteiger partial charge in [0.25, 0.3) is 0 Å². The fraction of sp³-hybridized carbons (Fsp3) is 0.111. The predicted octanol–water partition coefficient (Wildman–Crippen LogP) is 3.43. The standard InChI is InChI=1S/C15H14O.3CO.Fe/c16-15(12-10-14-7-4-8-14)11-9-13-5-2-1-3-6-13;3*1-2;/h1-9,11H,10,12H2;;;;/b11-9+;;;;. The maximum atomic E-state index is 11.5. The summed E-state index contributed by atoms with van der Waals surface area (Å²) in [5, 5.41) is 0. The summed E-state index contributed by atoms with van der Waals surface area (Å²) < 4.78 is 22.5. The van der Waals surface area contributed by atoms with Gasteiger partial charge in [-0.3, -0.25) is 4.79 Å². The van der Waals surface area contributed by atoms with Gasteiger partial charge >= 0.3 is 33.9 Å². The van der Waals surface area contributed by atoms with E-state index in [2.05, 4.69) is 20.0 Å².